The molecule has 1 unspecified atom stereocenters. The number of carbonyl (C=O) groups is 1. The third kappa shape index (κ3) is 5.54. The van der Waals surface area contributed by atoms with Gasteiger partial charge in [-0.15, -0.1) is 10.2 Å². The number of nitrogens with one attached hydrogen (secondary N) is 1. The van der Waals surface area contributed by atoms with Crippen molar-refractivity contribution in [3.8, 4) is 17.5 Å². The van der Waals surface area contributed by atoms with Gasteiger partial charge < -0.3 is 4.74 Å². The molecule has 3 heterocycles. The van der Waals surface area contributed by atoms with Crippen LogP contribution in [0.1, 0.15) is 66.9 Å². The molecule has 0 bridgehead atoms. The summed E-state index contributed by atoms with van der Waals surface area (Å²) in [5, 5.41) is 8.57. The second-order valence-corrected chi connectivity index (χ2v) is 8.86. The van der Waals surface area contributed by atoms with Gasteiger partial charge in [-0.05, 0) is 44.4 Å². The van der Waals surface area contributed by atoms with Crippen LogP contribution < -0.4 is 5.48 Å². The van der Waals surface area contributed by atoms with Crippen molar-refractivity contribution in [3.63, 3.8) is 0 Å². The van der Waals surface area contributed by atoms with Crippen molar-refractivity contribution in [2.45, 2.75) is 58.3 Å². The number of ether oxygens (including phenoxy) is 1. The number of amides is 1. The standard InChI is InChI=1S/C28H29N5O3/c1-20-30-31-25-19-29-28(22-11-5-3-6-12-22)23-18-21(15-16-24(23)33(20)25)10-4-2-7-13-26(34)32-36-27-14-8-9-17-35-27/h3,5-6,11-12,15-16,18,27H,2,7-9,13-14,17,19H2,1H3,(H,32,34). The first-order chi connectivity index (χ1) is 17.7. The molecule has 1 atom stereocenters. The van der Waals surface area contributed by atoms with Crippen LogP contribution in [0.2, 0.25) is 0 Å². The summed E-state index contributed by atoms with van der Waals surface area (Å²) in [6, 6.07) is 16.3. The van der Waals surface area contributed by atoms with Crippen LogP contribution in [0.5, 0.6) is 0 Å². The molecule has 0 radical (unpaired) electrons. The van der Waals surface area contributed by atoms with E-state index in [1.807, 2.05) is 31.2 Å². The zero-order chi connectivity index (χ0) is 24.7. The normalized spacial score (nSPS) is 16.6. The van der Waals surface area contributed by atoms with Gasteiger partial charge in [0.05, 0.1) is 11.4 Å². The fourth-order valence-corrected chi connectivity index (χ4v) is 4.39. The number of carbonyl (C=O) groups excluding carboxylic acids is 1. The van der Waals surface area contributed by atoms with E-state index in [1.54, 1.807) is 0 Å². The van der Waals surface area contributed by atoms with E-state index in [9.17, 15) is 4.79 Å². The van der Waals surface area contributed by atoms with E-state index in [0.29, 0.717) is 32.4 Å². The third-order valence-corrected chi connectivity index (χ3v) is 6.19. The highest BCUT2D eigenvalue weighted by Gasteiger charge is 2.21. The Morgan fingerprint density at radius 3 is 2.92 bits per heavy atom. The van der Waals surface area contributed by atoms with Gasteiger partial charge in [0.1, 0.15) is 12.4 Å². The van der Waals surface area contributed by atoms with E-state index in [4.69, 9.17) is 14.6 Å². The van der Waals surface area contributed by atoms with Gasteiger partial charge in [-0.25, -0.2) is 10.3 Å². The Balaban J connectivity index is 1.26. The van der Waals surface area contributed by atoms with Gasteiger partial charge in [-0.3, -0.25) is 14.4 Å². The Bertz CT molecular complexity index is 1310. The zero-order valence-corrected chi connectivity index (χ0v) is 20.4. The maximum absolute atomic E-state index is 12.0. The molecular weight excluding hydrogens is 454 g/mol. The summed E-state index contributed by atoms with van der Waals surface area (Å²) in [5.74, 6) is 7.94. The van der Waals surface area contributed by atoms with Gasteiger partial charge in [0, 0.05) is 42.6 Å². The van der Waals surface area contributed by atoms with Crippen molar-refractivity contribution in [3.05, 3.63) is 76.9 Å². The molecule has 0 spiro atoms. The molecule has 1 amide bonds. The van der Waals surface area contributed by atoms with E-state index < -0.39 is 0 Å². The molecular formula is C28H29N5O3. The van der Waals surface area contributed by atoms with E-state index in [-0.39, 0.29) is 12.2 Å². The Morgan fingerprint density at radius 1 is 1.19 bits per heavy atom. The topological polar surface area (TPSA) is 90.6 Å². The van der Waals surface area contributed by atoms with Gasteiger partial charge in [0.15, 0.2) is 12.1 Å². The molecule has 1 saturated heterocycles. The summed E-state index contributed by atoms with van der Waals surface area (Å²) in [6.45, 7) is 3.09. The molecule has 8 heteroatoms. The lowest BCUT2D eigenvalue weighted by molar-refractivity contribution is -0.200. The van der Waals surface area contributed by atoms with Crippen LogP contribution in [0.3, 0.4) is 0 Å². The first-order valence-electron chi connectivity index (χ1n) is 12.4. The number of rotatable bonds is 6. The SMILES string of the molecule is Cc1nnc2n1-c1ccc(C#CCCCC(=O)NOC3CCCCO3)cc1C(c1ccccc1)=NC2. The second kappa shape index (κ2) is 11.3. The number of unbranched alkanes of at least 4 members (excludes halogenated alkanes) is 1. The average Bonchev–Trinajstić information content (AvgIpc) is 3.19. The Hall–Kier alpha value is -3.80. The summed E-state index contributed by atoms with van der Waals surface area (Å²) in [7, 11) is 0. The molecule has 1 aromatic heterocycles. The smallest absolute Gasteiger partial charge is 0.243 e. The van der Waals surface area contributed by atoms with Crippen LogP contribution in [0.15, 0.2) is 53.5 Å². The van der Waals surface area contributed by atoms with Crippen LogP contribution >= 0.6 is 0 Å². The van der Waals surface area contributed by atoms with Gasteiger partial charge in [0.25, 0.3) is 0 Å². The molecule has 5 rings (SSSR count). The number of nitrogens with zero attached hydrogens (tertiary/aromatic N) is 4. The predicted octanol–water partition coefficient (Wildman–Crippen LogP) is 4.02. The van der Waals surface area contributed by atoms with E-state index in [1.165, 1.54) is 0 Å². The fourth-order valence-electron chi connectivity index (χ4n) is 4.39. The molecule has 1 fully saturated rings. The summed E-state index contributed by atoms with van der Waals surface area (Å²) >= 11 is 0. The maximum Gasteiger partial charge on any atom is 0.243 e. The lowest BCUT2D eigenvalue weighted by Gasteiger charge is -2.22. The molecule has 2 aliphatic heterocycles. The van der Waals surface area contributed by atoms with Crippen molar-refractivity contribution < 1.29 is 14.4 Å². The number of aliphatic imine (C=N–C) groups is 1. The molecule has 0 aliphatic carbocycles. The number of hydroxylamine groups is 1. The van der Waals surface area contributed by atoms with Crippen molar-refractivity contribution in [2.75, 3.05) is 6.61 Å². The monoisotopic (exact) mass is 483 g/mol. The van der Waals surface area contributed by atoms with E-state index in [2.05, 4.69) is 56.4 Å². The fraction of sp³-hybridized carbons (Fsp3) is 0.357. The molecule has 2 aromatic carbocycles. The van der Waals surface area contributed by atoms with Crippen LogP contribution in [-0.2, 0) is 20.9 Å². The third-order valence-electron chi connectivity index (χ3n) is 6.19. The van der Waals surface area contributed by atoms with Crippen LogP contribution in [-0.4, -0.2) is 39.3 Å². The van der Waals surface area contributed by atoms with E-state index in [0.717, 1.165) is 59.0 Å². The molecule has 2 aliphatic rings. The first-order valence-corrected chi connectivity index (χ1v) is 12.4. The molecule has 0 saturated carbocycles. The number of hydrogen-bond donors (Lipinski definition) is 1. The average molecular weight is 484 g/mol. The van der Waals surface area contributed by atoms with Gasteiger partial charge in [0.2, 0.25) is 5.91 Å². The van der Waals surface area contributed by atoms with Crippen molar-refractivity contribution in [1.82, 2.24) is 20.2 Å². The van der Waals surface area contributed by atoms with Crippen molar-refractivity contribution in [2.24, 2.45) is 4.99 Å². The summed E-state index contributed by atoms with van der Waals surface area (Å²) in [6.07, 6.45) is 4.18. The van der Waals surface area contributed by atoms with Gasteiger partial charge in [-0.2, -0.15) is 0 Å². The molecule has 8 nitrogen and oxygen atoms in total. The highest BCUT2D eigenvalue weighted by atomic mass is 16.8. The molecule has 1 N–H and O–H groups in total. The van der Waals surface area contributed by atoms with Crippen LogP contribution in [0.25, 0.3) is 5.69 Å². The zero-order valence-electron chi connectivity index (χ0n) is 20.4. The minimum atomic E-state index is -0.335. The highest BCUT2D eigenvalue weighted by molar-refractivity contribution is 6.15. The highest BCUT2D eigenvalue weighted by Crippen LogP contribution is 2.26. The number of aromatic nitrogens is 3. The van der Waals surface area contributed by atoms with Gasteiger partial charge >= 0.3 is 0 Å². The molecule has 36 heavy (non-hydrogen) atoms. The lowest BCUT2D eigenvalue weighted by Crippen LogP contribution is -2.32. The number of aryl methyl sites for hydroxylation is 1. The Labute approximate surface area is 210 Å². The number of hydrogen-bond acceptors (Lipinski definition) is 6. The largest absolute Gasteiger partial charge is 0.350 e. The number of fused-ring (bicyclic) bond motifs is 3. The molecule has 184 valence electrons. The van der Waals surface area contributed by atoms with Gasteiger partial charge in [-0.1, -0.05) is 42.2 Å². The van der Waals surface area contributed by atoms with E-state index >= 15 is 0 Å². The second-order valence-electron chi connectivity index (χ2n) is 8.86. The Morgan fingerprint density at radius 2 is 2.08 bits per heavy atom. The predicted molar refractivity (Wildman–Crippen MR) is 135 cm³/mol. The quantitative estimate of drug-likeness (QED) is 0.325. The maximum atomic E-state index is 12.0. The Kier molecular flexibility index (Phi) is 7.50. The first kappa shape index (κ1) is 23.9. The van der Waals surface area contributed by atoms with Crippen LogP contribution in [0.4, 0.5) is 0 Å². The lowest BCUT2D eigenvalue weighted by atomic mass is 9.98. The minimum absolute atomic E-state index is 0.153. The number of benzene rings is 2. The minimum Gasteiger partial charge on any atom is -0.350 e. The molecule has 3 aromatic rings. The summed E-state index contributed by atoms with van der Waals surface area (Å²) in [4.78, 5) is 22.2. The summed E-state index contributed by atoms with van der Waals surface area (Å²) < 4.78 is 7.51. The van der Waals surface area contributed by atoms with Crippen molar-refractivity contribution in [1.29, 1.82) is 0 Å². The summed E-state index contributed by atoms with van der Waals surface area (Å²) in [5.41, 5.74) is 7.35. The van der Waals surface area contributed by atoms with Crippen molar-refractivity contribution >= 4 is 11.6 Å². The van der Waals surface area contributed by atoms with Crippen LogP contribution in [0, 0.1) is 18.8 Å².